The molecule has 0 saturated carbocycles. The van der Waals surface area contributed by atoms with Gasteiger partial charge in [0.1, 0.15) is 0 Å². The molecule has 0 radical (unpaired) electrons. The third-order valence-electron chi connectivity index (χ3n) is 4.98. The second-order valence-electron chi connectivity index (χ2n) is 6.73. The van der Waals surface area contributed by atoms with Crippen LogP contribution >= 0.6 is 0 Å². The third-order valence-corrected chi connectivity index (χ3v) is 4.98. The van der Waals surface area contributed by atoms with Crippen LogP contribution in [0.15, 0.2) is 59.1 Å². The van der Waals surface area contributed by atoms with Gasteiger partial charge in [0.15, 0.2) is 5.82 Å². The Morgan fingerprint density at radius 1 is 1.04 bits per heavy atom. The van der Waals surface area contributed by atoms with E-state index in [4.69, 9.17) is 4.52 Å². The standard InChI is InChI=1S/C21H23N3O/c1-16(24-13-7-12-18-10-5-6-11-19(18)15-24)21-22-20(23-25-21)14-17-8-3-2-4-9-17/h2-6,8-11,16H,7,12-15H2,1H3. The van der Waals surface area contributed by atoms with Crippen molar-refractivity contribution in [1.29, 1.82) is 0 Å². The summed E-state index contributed by atoms with van der Waals surface area (Å²) >= 11 is 0. The minimum absolute atomic E-state index is 0.128. The predicted molar refractivity (Wildman–Crippen MR) is 97.1 cm³/mol. The molecular weight excluding hydrogens is 310 g/mol. The molecule has 0 bridgehead atoms. The summed E-state index contributed by atoms with van der Waals surface area (Å²) in [5, 5.41) is 4.18. The number of fused-ring (bicyclic) bond motifs is 1. The zero-order valence-electron chi connectivity index (χ0n) is 14.6. The van der Waals surface area contributed by atoms with E-state index in [1.165, 1.54) is 16.7 Å². The second kappa shape index (κ2) is 7.19. The lowest BCUT2D eigenvalue weighted by molar-refractivity contribution is 0.167. The highest BCUT2D eigenvalue weighted by Gasteiger charge is 2.24. The van der Waals surface area contributed by atoms with Crippen LogP contribution in [0.3, 0.4) is 0 Å². The van der Waals surface area contributed by atoms with Gasteiger partial charge in [0.2, 0.25) is 5.89 Å². The van der Waals surface area contributed by atoms with Crippen LogP contribution < -0.4 is 0 Å². The lowest BCUT2D eigenvalue weighted by atomic mass is 10.0. The maximum absolute atomic E-state index is 5.58. The van der Waals surface area contributed by atoms with Crippen LogP contribution in [0.5, 0.6) is 0 Å². The van der Waals surface area contributed by atoms with Gasteiger partial charge in [-0.15, -0.1) is 0 Å². The first-order valence-corrected chi connectivity index (χ1v) is 8.97. The molecule has 1 aromatic heterocycles. The van der Waals surface area contributed by atoms with E-state index in [9.17, 15) is 0 Å². The van der Waals surface area contributed by atoms with Crippen molar-refractivity contribution in [3.8, 4) is 0 Å². The van der Waals surface area contributed by atoms with Crippen molar-refractivity contribution in [1.82, 2.24) is 15.0 Å². The molecule has 4 rings (SSSR count). The maximum Gasteiger partial charge on any atom is 0.243 e. The SMILES string of the molecule is CC(c1nc(Cc2ccccc2)no1)N1CCCc2ccccc2C1. The molecule has 1 atom stereocenters. The van der Waals surface area contributed by atoms with Gasteiger partial charge in [-0.3, -0.25) is 4.90 Å². The number of rotatable bonds is 4. The monoisotopic (exact) mass is 333 g/mol. The average Bonchev–Trinajstić information content (AvgIpc) is 2.99. The van der Waals surface area contributed by atoms with E-state index in [0.717, 1.165) is 31.8 Å². The van der Waals surface area contributed by atoms with Gasteiger partial charge in [-0.1, -0.05) is 59.8 Å². The van der Waals surface area contributed by atoms with Crippen molar-refractivity contribution in [2.45, 2.75) is 38.8 Å². The lowest BCUT2D eigenvalue weighted by Gasteiger charge is -2.25. The fourth-order valence-electron chi connectivity index (χ4n) is 3.50. The van der Waals surface area contributed by atoms with Crippen LogP contribution in [-0.4, -0.2) is 21.6 Å². The Morgan fingerprint density at radius 2 is 1.80 bits per heavy atom. The van der Waals surface area contributed by atoms with Crippen LogP contribution in [0.4, 0.5) is 0 Å². The molecule has 0 saturated heterocycles. The van der Waals surface area contributed by atoms with E-state index in [-0.39, 0.29) is 6.04 Å². The first-order valence-electron chi connectivity index (χ1n) is 8.97. The Morgan fingerprint density at radius 3 is 2.64 bits per heavy atom. The highest BCUT2D eigenvalue weighted by atomic mass is 16.5. The zero-order chi connectivity index (χ0) is 17.1. The summed E-state index contributed by atoms with van der Waals surface area (Å²) in [6.45, 7) is 4.15. The van der Waals surface area contributed by atoms with Crippen molar-refractivity contribution in [3.63, 3.8) is 0 Å². The highest BCUT2D eigenvalue weighted by molar-refractivity contribution is 5.28. The Labute approximate surface area is 148 Å². The summed E-state index contributed by atoms with van der Waals surface area (Å²) < 4.78 is 5.58. The number of aromatic nitrogens is 2. The summed E-state index contributed by atoms with van der Waals surface area (Å²) in [4.78, 5) is 7.08. The minimum atomic E-state index is 0.128. The smallest absolute Gasteiger partial charge is 0.243 e. The van der Waals surface area contributed by atoms with Gasteiger partial charge >= 0.3 is 0 Å². The molecule has 3 aromatic rings. The first kappa shape index (κ1) is 16.0. The Kier molecular flexibility index (Phi) is 4.61. The molecular formula is C21H23N3O. The van der Waals surface area contributed by atoms with Crippen LogP contribution in [0, 0.1) is 0 Å². The number of hydrogen-bond donors (Lipinski definition) is 0. The van der Waals surface area contributed by atoms with Crippen molar-refractivity contribution >= 4 is 0 Å². The van der Waals surface area contributed by atoms with Gasteiger partial charge in [-0.25, -0.2) is 0 Å². The predicted octanol–water partition coefficient (Wildman–Crippen LogP) is 4.17. The molecule has 0 N–H and O–H groups in total. The number of aryl methyl sites for hydroxylation is 1. The molecule has 0 spiro atoms. The molecule has 0 fully saturated rings. The molecule has 1 aliphatic heterocycles. The quantitative estimate of drug-likeness (QED) is 0.718. The van der Waals surface area contributed by atoms with Gasteiger partial charge < -0.3 is 4.52 Å². The van der Waals surface area contributed by atoms with Gasteiger partial charge in [-0.2, -0.15) is 4.98 Å². The largest absolute Gasteiger partial charge is 0.338 e. The van der Waals surface area contributed by atoms with E-state index in [1.54, 1.807) is 0 Å². The fourth-order valence-corrected chi connectivity index (χ4v) is 3.50. The molecule has 4 heteroatoms. The van der Waals surface area contributed by atoms with Gasteiger partial charge in [-0.05, 0) is 43.0 Å². The van der Waals surface area contributed by atoms with Crippen LogP contribution in [0.2, 0.25) is 0 Å². The fraction of sp³-hybridized carbons (Fsp3) is 0.333. The normalized spacial score (nSPS) is 16.2. The molecule has 2 aromatic carbocycles. The third kappa shape index (κ3) is 3.64. The highest BCUT2D eigenvalue weighted by Crippen LogP contribution is 2.26. The number of benzene rings is 2. The molecule has 25 heavy (non-hydrogen) atoms. The molecule has 0 aliphatic carbocycles. The van der Waals surface area contributed by atoms with Crippen LogP contribution in [0.1, 0.15) is 47.8 Å². The van der Waals surface area contributed by atoms with Crippen molar-refractivity contribution in [3.05, 3.63) is 83.0 Å². The summed E-state index contributed by atoms with van der Waals surface area (Å²) in [6, 6.07) is 19.1. The van der Waals surface area contributed by atoms with Gasteiger partial charge in [0.25, 0.3) is 0 Å². The molecule has 4 nitrogen and oxygen atoms in total. The van der Waals surface area contributed by atoms with Gasteiger partial charge in [0.05, 0.1) is 6.04 Å². The molecule has 0 amide bonds. The summed E-state index contributed by atoms with van der Waals surface area (Å²) in [7, 11) is 0. The summed E-state index contributed by atoms with van der Waals surface area (Å²) in [5.74, 6) is 1.47. The van der Waals surface area contributed by atoms with E-state index in [2.05, 4.69) is 58.4 Å². The zero-order valence-corrected chi connectivity index (χ0v) is 14.6. The van der Waals surface area contributed by atoms with E-state index in [1.807, 2.05) is 18.2 Å². The Balaban J connectivity index is 1.48. The summed E-state index contributed by atoms with van der Waals surface area (Å²) in [6.07, 6.45) is 3.01. The average molecular weight is 333 g/mol. The van der Waals surface area contributed by atoms with Crippen molar-refractivity contribution in [2.24, 2.45) is 0 Å². The second-order valence-corrected chi connectivity index (χ2v) is 6.73. The Bertz CT molecular complexity index is 828. The van der Waals surface area contributed by atoms with E-state index >= 15 is 0 Å². The maximum atomic E-state index is 5.58. The van der Waals surface area contributed by atoms with Crippen molar-refractivity contribution in [2.75, 3.05) is 6.54 Å². The first-order chi connectivity index (χ1) is 12.3. The number of hydrogen-bond acceptors (Lipinski definition) is 4. The topological polar surface area (TPSA) is 42.2 Å². The van der Waals surface area contributed by atoms with Crippen molar-refractivity contribution < 1.29 is 4.52 Å². The van der Waals surface area contributed by atoms with Gasteiger partial charge in [0, 0.05) is 13.0 Å². The molecule has 1 unspecified atom stereocenters. The van der Waals surface area contributed by atoms with E-state index in [0.29, 0.717) is 12.3 Å². The molecule has 128 valence electrons. The Hall–Kier alpha value is -2.46. The molecule has 2 heterocycles. The minimum Gasteiger partial charge on any atom is -0.338 e. The summed E-state index contributed by atoms with van der Waals surface area (Å²) in [5.41, 5.74) is 4.08. The van der Waals surface area contributed by atoms with Crippen LogP contribution in [-0.2, 0) is 19.4 Å². The number of nitrogens with zero attached hydrogens (tertiary/aromatic N) is 3. The molecule has 1 aliphatic rings. The lowest BCUT2D eigenvalue weighted by Crippen LogP contribution is -2.27. The van der Waals surface area contributed by atoms with Crippen LogP contribution in [0.25, 0.3) is 0 Å². The van der Waals surface area contributed by atoms with E-state index < -0.39 is 0 Å².